The first kappa shape index (κ1) is 12.9. The molecule has 0 aliphatic heterocycles. The molecule has 3 nitrogen and oxygen atoms in total. The Bertz CT molecular complexity index is 526. The van der Waals surface area contributed by atoms with Gasteiger partial charge in [-0.2, -0.15) is 0 Å². The van der Waals surface area contributed by atoms with Crippen molar-refractivity contribution in [1.82, 2.24) is 4.98 Å². The van der Waals surface area contributed by atoms with E-state index in [-0.39, 0.29) is 0 Å². The molecular weight excluding hydrogens is 292 g/mol. The first-order valence-corrected chi connectivity index (χ1v) is 6.50. The van der Waals surface area contributed by atoms with Crippen LogP contribution in [-0.2, 0) is 6.61 Å². The van der Waals surface area contributed by atoms with Crippen LogP contribution < -0.4 is 10.1 Å². The maximum Gasteiger partial charge on any atom is 0.134 e. The van der Waals surface area contributed by atoms with Crippen molar-refractivity contribution in [2.75, 3.05) is 12.4 Å². The van der Waals surface area contributed by atoms with Gasteiger partial charge < -0.3 is 10.1 Å². The van der Waals surface area contributed by atoms with Gasteiger partial charge in [-0.1, -0.05) is 12.1 Å². The number of hydrogen-bond acceptors (Lipinski definition) is 3. The zero-order valence-electron chi connectivity index (χ0n) is 10.4. The number of hydrogen-bond donors (Lipinski definition) is 1. The Balaban J connectivity index is 2.02. The Hall–Kier alpha value is -1.55. The zero-order chi connectivity index (χ0) is 13.0. The summed E-state index contributed by atoms with van der Waals surface area (Å²) in [5, 5.41) is 2.98. The lowest BCUT2D eigenvalue weighted by Crippen LogP contribution is -1.98. The first-order chi connectivity index (χ1) is 8.69. The third-order valence-corrected chi connectivity index (χ3v) is 3.18. The summed E-state index contributed by atoms with van der Waals surface area (Å²) in [7, 11) is 1.85. The van der Waals surface area contributed by atoms with Gasteiger partial charge in [-0.05, 0) is 46.6 Å². The number of ether oxygens (including phenoxy) is 1. The Morgan fingerprint density at radius 3 is 2.72 bits per heavy atom. The van der Waals surface area contributed by atoms with Crippen molar-refractivity contribution in [3.05, 3.63) is 52.1 Å². The number of pyridine rings is 1. The highest BCUT2D eigenvalue weighted by molar-refractivity contribution is 9.10. The molecule has 1 heterocycles. The highest BCUT2D eigenvalue weighted by Gasteiger charge is 2.02. The molecule has 0 fully saturated rings. The van der Waals surface area contributed by atoms with Crippen LogP contribution in [0.15, 0.2) is 41.0 Å². The van der Waals surface area contributed by atoms with E-state index in [4.69, 9.17) is 4.74 Å². The van der Waals surface area contributed by atoms with Gasteiger partial charge in [0.1, 0.15) is 18.2 Å². The molecule has 94 valence electrons. The fourth-order valence-electron chi connectivity index (χ4n) is 1.54. The summed E-state index contributed by atoms with van der Waals surface area (Å²) < 4.78 is 6.72. The summed E-state index contributed by atoms with van der Waals surface area (Å²) in [5.41, 5.74) is 2.25. The van der Waals surface area contributed by atoms with E-state index < -0.39 is 0 Å². The van der Waals surface area contributed by atoms with Crippen molar-refractivity contribution in [2.45, 2.75) is 13.5 Å². The van der Waals surface area contributed by atoms with E-state index in [0.717, 1.165) is 21.6 Å². The summed E-state index contributed by atoms with van der Waals surface area (Å²) in [6.07, 6.45) is 1.81. The molecule has 1 aromatic carbocycles. The van der Waals surface area contributed by atoms with E-state index in [1.165, 1.54) is 5.56 Å². The van der Waals surface area contributed by atoms with Gasteiger partial charge in [0.2, 0.25) is 0 Å². The molecule has 0 aliphatic carbocycles. The highest BCUT2D eigenvalue weighted by atomic mass is 79.9. The molecule has 0 atom stereocenters. The number of halogens is 1. The lowest BCUT2D eigenvalue weighted by atomic mass is 10.2. The summed E-state index contributed by atoms with van der Waals surface area (Å²) in [6.45, 7) is 2.56. The summed E-state index contributed by atoms with van der Waals surface area (Å²) in [6, 6.07) is 9.97. The predicted octanol–water partition coefficient (Wildman–Crippen LogP) is 3.77. The number of anilines is 1. The second-order valence-corrected chi connectivity index (χ2v) is 4.88. The lowest BCUT2D eigenvalue weighted by molar-refractivity contribution is 0.304. The molecule has 0 unspecified atom stereocenters. The standard InChI is InChI=1S/C14H15BrN2O/c1-10-3-5-13(12(15)7-10)18-9-11-4-6-14(16-2)17-8-11/h3-8H,9H2,1-2H3,(H,16,17). The SMILES string of the molecule is CNc1ccc(COc2ccc(C)cc2Br)cn1. The van der Waals surface area contributed by atoms with Crippen LogP contribution in [0.2, 0.25) is 0 Å². The second kappa shape index (κ2) is 5.87. The number of nitrogens with zero attached hydrogens (tertiary/aromatic N) is 1. The van der Waals surface area contributed by atoms with Crippen LogP contribution in [0, 0.1) is 6.92 Å². The summed E-state index contributed by atoms with van der Waals surface area (Å²) in [4.78, 5) is 4.24. The molecule has 0 amide bonds. The van der Waals surface area contributed by atoms with Gasteiger partial charge in [-0.3, -0.25) is 0 Å². The average Bonchev–Trinajstić information content (AvgIpc) is 2.38. The van der Waals surface area contributed by atoms with Gasteiger partial charge in [0.05, 0.1) is 4.47 Å². The van der Waals surface area contributed by atoms with Gasteiger partial charge in [-0.15, -0.1) is 0 Å². The largest absolute Gasteiger partial charge is 0.488 e. The van der Waals surface area contributed by atoms with Crippen LogP contribution in [0.5, 0.6) is 5.75 Å². The maximum atomic E-state index is 5.74. The van der Waals surface area contributed by atoms with E-state index in [9.17, 15) is 0 Å². The van der Waals surface area contributed by atoms with Crippen LogP contribution >= 0.6 is 15.9 Å². The molecule has 4 heteroatoms. The third kappa shape index (κ3) is 3.23. The Morgan fingerprint density at radius 1 is 1.28 bits per heavy atom. The Labute approximate surface area is 115 Å². The number of aryl methyl sites for hydroxylation is 1. The van der Waals surface area contributed by atoms with Crippen molar-refractivity contribution in [3.63, 3.8) is 0 Å². The lowest BCUT2D eigenvalue weighted by Gasteiger charge is -2.09. The molecule has 1 N–H and O–H groups in total. The van der Waals surface area contributed by atoms with Crippen molar-refractivity contribution in [2.24, 2.45) is 0 Å². The minimum atomic E-state index is 0.513. The monoisotopic (exact) mass is 306 g/mol. The van der Waals surface area contributed by atoms with Crippen molar-refractivity contribution in [3.8, 4) is 5.75 Å². The van der Waals surface area contributed by atoms with Gasteiger partial charge >= 0.3 is 0 Å². The van der Waals surface area contributed by atoms with Crippen molar-refractivity contribution < 1.29 is 4.74 Å². The number of benzene rings is 1. The fourth-order valence-corrected chi connectivity index (χ4v) is 2.15. The van der Waals surface area contributed by atoms with E-state index in [1.54, 1.807) is 0 Å². The summed E-state index contributed by atoms with van der Waals surface area (Å²) in [5.74, 6) is 1.70. The summed E-state index contributed by atoms with van der Waals surface area (Å²) >= 11 is 3.49. The fraction of sp³-hybridized carbons (Fsp3) is 0.214. The smallest absolute Gasteiger partial charge is 0.134 e. The van der Waals surface area contributed by atoms with Crippen molar-refractivity contribution >= 4 is 21.7 Å². The first-order valence-electron chi connectivity index (χ1n) is 5.70. The second-order valence-electron chi connectivity index (χ2n) is 4.02. The number of nitrogens with one attached hydrogen (secondary N) is 1. The van der Waals surface area contributed by atoms with Gasteiger partial charge in [0, 0.05) is 18.8 Å². The van der Waals surface area contributed by atoms with E-state index >= 15 is 0 Å². The molecule has 2 aromatic rings. The maximum absolute atomic E-state index is 5.74. The third-order valence-electron chi connectivity index (χ3n) is 2.56. The number of aromatic nitrogens is 1. The normalized spacial score (nSPS) is 10.2. The molecule has 0 radical (unpaired) electrons. The highest BCUT2D eigenvalue weighted by Crippen LogP contribution is 2.26. The zero-order valence-corrected chi connectivity index (χ0v) is 12.0. The van der Waals surface area contributed by atoms with Gasteiger partial charge in [0.15, 0.2) is 0 Å². The molecule has 0 bridgehead atoms. The molecule has 2 rings (SSSR count). The molecule has 18 heavy (non-hydrogen) atoms. The van der Waals surface area contributed by atoms with Gasteiger partial charge in [-0.25, -0.2) is 4.98 Å². The van der Waals surface area contributed by atoms with E-state index in [0.29, 0.717) is 6.61 Å². The van der Waals surface area contributed by atoms with Gasteiger partial charge in [0.25, 0.3) is 0 Å². The molecule has 0 saturated carbocycles. The van der Waals surface area contributed by atoms with E-state index in [1.807, 2.05) is 43.6 Å². The Morgan fingerprint density at radius 2 is 2.11 bits per heavy atom. The van der Waals surface area contributed by atoms with Crippen LogP contribution in [0.4, 0.5) is 5.82 Å². The average molecular weight is 307 g/mol. The topological polar surface area (TPSA) is 34.1 Å². The van der Waals surface area contributed by atoms with E-state index in [2.05, 4.69) is 33.2 Å². The van der Waals surface area contributed by atoms with Crippen molar-refractivity contribution in [1.29, 1.82) is 0 Å². The Kier molecular flexibility index (Phi) is 4.20. The number of rotatable bonds is 4. The van der Waals surface area contributed by atoms with Crippen LogP contribution in [0.3, 0.4) is 0 Å². The van der Waals surface area contributed by atoms with Crippen LogP contribution in [0.25, 0.3) is 0 Å². The minimum absolute atomic E-state index is 0.513. The quantitative estimate of drug-likeness (QED) is 0.933. The minimum Gasteiger partial charge on any atom is -0.488 e. The van der Waals surface area contributed by atoms with Crippen LogP contribution in [0.1, 0.15) is 11.1 Å². The molecule has 0 saturated heterocycles. The molecule has 1 aromatic heterocycles. The predicted molar refractivity (Wildman–Crippen MR) is 77.0 cm³/mol. The molecule has 0 aliphatic rings. The molecular formula is C14H15BrN2O. The molecule has 0 spiro atoms. The van der Waals surface area contributed by atoms with Crippen LogP contribution in [-0.4, -0.2) is 12.0 Å².